The van der Waals surface area contributed by atoms with E-state index >= 15 is 0 Å². The number of amides is 2. The molecule has 0 aromatic heterocycles. The standard InChI is InChI=1S/C19H26N2O3/c1-13(10-14(2)22)12-20-19(24)11-18-17-7-5-4-6-16(17)8-9-21(18)15(3)23/h4-9,13-14,18,22H,10-12H2,1-3H3,(H,20,24). The largest absolute Gasteiger partial charge is 0.393 e. The van der Waals surface area contributed by atoms with E-state index < -0.39 is 0 Å². The molecule has 0 radical (unpaired) electrons. The van der Waals surface area contributed by atoms with Gasteiger partial charge in [0.05, 0.1) is 18.6 Å². The summed E-state index contributed by atoms with van der Waals surface area (Å²) in [5.74, 6) is 0.0335. The van der Waals surface area contributed by atoms with E-state index in [0.29, 0.717) is 13.0 Å². The second-order valence-corrected chi connectivity index (χ2v) is 6.58. The van der Waals surface area contributed by atoms with Crippen LogP contribution < -0.4 is 5.32 Å². The third-order valence-corrected chi connectivity index (χ3v) is 4.24. The summed E-state index contributed by atoms with van der Waals surface area (Å²) in [4.78, 5) is 25.9. The topological polar surface area (TPSA) is 69.6 Å². The maximum atomic E-state index is 12.3. The van der Waals surface area contributed by atoms with Crippen LogP contribution in [0.25, 0.3) is 6.08 Å². The van der Waals surface area contributed by atoms with E-state index in [1.807, 2.05) is 37.3 Å². The van der Waals surface area contributed by atoms with Gasteiger partial charge in [0.2, 0.25) is 11.8 Å². The average molecular weight is 330 g/mol. The lowest BCUT2D eigenvalue weighted by atomic mass is 9.93. The summed E-state index contributed by atoms with van der Waals surface area (Å²) in [5.41, 5.74) is 2.03. The van der Waals surface area contributed by atoms with Gasteiger partial charge in [0.1, 0.15) is 0 Å². The lowest BCUT2D eigenvalue weighted by Gasteiger charge is -2.32. The Morgan fingerprint density at radius 3 is 2.67 bits per heavy atom. The molecule has 0 aliphatic carbocycles. The van der Waals surface area contributed by atoms with Gasteiger partial charge in [-0.25, -0.2) is 0 Å². The summed E-state index contributed by atoms with van der Waals surface area (Å²) in [5, 5.41) is 12.3. The average Bonchev–Trinajstić information content (AvgIpc) is 2.52. The predicted molar refractivity (Wildman–Crippen MR) is 93.8 cm³/mol. The number of hydrogen-bond donors (Lipinski definition) is 2. The third-order valence-electron chi connectivity index (χ3n) is 4.24. The first-order valence-corrected chi connectivity index (χ1v) is 8.39. The zero-order chi connectivity index (χ0) is 17.7. The first-order chi connectivity index (χ1) is 11.4. The molecule has 3 atom stereocenters. The Labute approximate surface area is 143 Å². The van der Waals surface area contributed by atoms with Crippen LogP contribution in [0, 0.1) is 5.92 Å². The van der Waals surface area contributed by atoms with Crippen LogP contribution in [0.2, 0.25) is 0 Å². The van der Waals surface area contributed by atoms with Gasteiger partial charge in [0, 0.05) is 19.7 Å². The van der Waals surface area contributed by atoms with E-state index in [0.717, 1.165) is 11.1 Å². The zero-order valence-electron chi connectivity index (χ0n) is 14.5. The Balaban J connectivity index is 2.04. The molecular formula is C19H26N2O3. The van der Waals surface area contributed by atoms with Crippen molar-refractivity contribution in [3.63, 3.8) is 0 Å². The summed E-state index contributed by atoms with van der Waals surface area (Å²) in [7, 11) is 0. The second-order valence-electron chi connectivity index (χ2n) is 6.58. The lowest BCUT2D eigenvalue weighted by Crippen LogP contribution is -2.36. The second kappa shape index (κ2) is 8.11. The molecule has 1 aliphatic heterocycles. The van der Waals surface area contributed by atoms with Crippen molar-refractivity contribution in [2.45, 2.75) is 45.8 Å². The van der Waals surface area contributed by atoms with Crippen LogP contribution in [-0.4, -0.2) is 34.5 Å². The molecule has 5 heteroatoms. The SMILES string of the molecule is CC(=O)N1C=Cc2ccccc2C1CC(=O)NCC(C)CC(C)O. The molecule has 0 fully saturated rings. The van der Waals surface area contributed by atoms with Crippen molar-refractivity contribution >= 4 is 17.9 Å². The molecule has 2 rings (SSSR count). The summed E-state index contributed by atoms with van der Waals surface area (Å²) >= 11 is 0. The van der Waals surface area contributed by atoms with E-state index in [1.54, 1.807) is 18.0 Å². The molecule has 1 aromatic carbocycles. The Kier molecular flexibility index (Phi) is 6.15. The molecule has 0 bridgehead atoms. The number of fused-ring (bicyclic) bond motifs is 1. The fourth-order valence-electron chi connectivity index (χ4n) is 3.11. The van der Waals surface area contributed by atoms with E-state index in [2.05, 4.69) is 5.32 Å². The molecule has 1 aliphatic rings. The fourth-order valence-corrected chi connectivity index (χ4v) is 3.11. The van der Waals surface area contributed by atoms with E-state index in [1.165, 1.54) is 6.92 Å². The molecule has 0 saturated carbocycles. The number of nitrogens with one attached hydrogen (secondary N) is 1. The minimum absolute atomic E-state index is 0.0824. The third kappa shape index (κ3) is 4.68. The van der Waals surface area contributed by atoms with Gasteiger partial charge >= 0.3 is 0 Å². The highest BCUT2D eigenvalue weighted by Gasteiger charge is 2.28. The Morgan fingerprint density at radius 1 is 1.29 bits per heavy atom. The minimum Gasteiger partial charge on any atom is -0.393 e. The van der Waals surface area contributed by atoms with Gasteiger partial charge in [-0.15, -0.1) is 0 Å². The molecule has 1 aromatic rings. The number of carbonyl (C=O) groups excluding carboxylic acids is 2. The molecule has 130 valence electrons. The normalized spacial score (nSPS) is 18.7. The molecular weight excluding hydrogens is 304 g/mol. The molecule has 3 unspecified atom stereocenters. The number of benzene rings is 1. The number of carbonyl (C=O) groups is 2. The highest BCUT2D eigenvalue weighted by atomic mass is 16.3. The number of rotatable bonds is 6. The van der Waals surface area contributed by atoms with Gasteiger partial charge in [-0.1, -0.05) is 31.2 Å². The quantitative estimate of drug-likeness (QED) is 0.842. The maximum Gasteiger partial charge on any atom is 0.223 e. The fraction of sp³-hybridized carbons (Fsp3) is 0.474. The minimum atomic E-state index is -0.375. The van der Waals surface area contributed by atoms with Gasteiger partial charge < -0.3 is 15.3 Å². The van der Waals surface area contributed by atoms with Crippen LogP contribution in [0.1, 0.15) is 50.8 Å². The van der Waals surface area contributed by atoms with Gasteiger partial charge in [0.15, 0.2) is 0 Å². The predicted octanol–water partition coefficient (Wildman–Crippen LogP) is 2.47. The van der Waals surface area contributed by atoms with Crippen molar-refractivity contribution in [2.75, 3.05) is 6.54 Å². The Bertz CT molecular complexity index is 625. The first-order valence-electron chi connectivity index (χ1n) is 8.39. The summed E-state index contributed by atoms with van der Waals surface area (Å²) in [6.07, 6.45) is 4.14. The number of aliphatic hydroxyl groups is 1. The van der Waals surface area contributed by atoms with Gasteiger partial charge in [-0.3, -0.25) is 9.59 Å². The monoisotopic (exact) mass is 330 g/mol. The lowest BCUT2D eigenvalue weighted by molar-refractivity contribution is -0.130. The van der Waals surface area contributed by atoms with Crippen LogP contribution >= 0.6 is 0 Å². The van der Waals surface area contributed by atoms with Crippen LogP contribution in [0.3, 0.4) is 0 Å². The van der Waals surface area contributed by atoms with Crippen molar-refractivity contribution < 1.29 is 14.7 Å². The highest BCUT2D eigenvalue weighted by Crippen LogP contribution is 2.32. The smallest absolute Gasteiger partial charge is 0.223 e. The van der Waals surface area contributed by atoms with Crippen LogP contribution in [0.15, 0.2) is 30.5 Å². The molecule has 0 saturated heterocycles. The first kappa shape index (κ1) is 18.2. The Morgan fingerprint density at radius 2 is 2.00 bits per heavy atom. The summed E-state index contributed by atoms with van der Waals surface area (Å²) < 4.78 is 0. The molecule has 5 nitrogen and oxygen atoms in total. The van der Waals surface area contributed by atoms with Gasteiger partial charge in [-0.2, -0.15) is 0 Å². The number of hydrogen-bond acceptors (Lipinski definition) is 3. The van der Waals surface area contributed by atoms with Crippen molar-refractivity contribution in [1.82, 2.24) is 10.2 Å². The Hall–Kier alpha value is -2.14. The number of nitrogens with zero attached hydrogens (tertiary/aromatic N) is 1. The molecule has 0 spiro atoms. The van der Waals surface area contributed by atoms with Gasteiger partial charge in [-0.05, 0) is 36.5 Å². The molecule has 2 N–H and O–H groups in total. The van der Waals surface area contributed by atoms with E-state index in [9.17, 15) is 14.7 Å². The van der Waals surface area contributed by atoms with E-state index in [4.69, 9.17) is 0 Å². The van der Waals surface area contributed by atoms with E-state index in [-0.39, 0.29) is 36.3 Å². The zero-order valence-corrected chi connectivity index (χ0v) is 14.5. The highest BCUT2D eigenvalue weighted by molar-refractivity contribution is 5.81. The maximum absolute atomic E-state index is 12.3. The summed E-state index contributed by atoms with van der Waals surface area (Å²) in [6.45, 7) is 5.77. The molecule has 1 heterocycles. The van der Waals surface area contributed by atoms with Crippen molar-refractivity contribution in [3.05, 3.63) is 41.6 Å². The summed E-state index contributed by atoms with van der Waals surface area (Å²) in [6, 6.07) is 7.53. The number of aliphatic hydroxyl groups excluding tert-OH is 1. The molecule has 24 heavy (non-hydrogen) atoms. The van der Waals surface area contributed by atoms with Crippen LogP contribution in [0.4, 0.5) is 0 Å². The van der Waals surface area contributed by atoms with Crippen molar-refractivity contribution in [3.8, 4) is 0 Å². The molecule has 2 amide bonds. The van der Waals surface area contributed by atoms with Crippen LogP contribution in [0.5, 0.6) is 0 Å². The van der Waals surface area contributed by atoms with Crippen LogP contribution in [-0.2, 0) is 9.59 Å². The van der Waals surface area contributed by atoms with Crippen molar-refractivity contribution in [2.24, 2.45) is 5.92 Å². The van der Waals surface area contributed by atoms with Crippen molar-refractivity contribution in [1.29, 1.82) is 0 Å². The van der Waals surface area contributed by atoms with Gasteiger partial charge in [0.25, 0.3) is 0 Å².